The van der Waals surface area contributed by atoms with Gasteiger partial charge in [0, 0.05) is 6.42 Å². The van der Waals surface area contributed by atoms with Crippen LogP contribution in [0.1, 0.15) is 303 Å². The lowest BCUT2D eigenvalue weighted by Gasteiger charge is -2.26. The van der Waals surface area contributed by atoms with Crippen molar-refractivity contribution in [3.05, 3.63) is 0 Å². The van der Waals surface area contributed by atoms with Crippen LogP contribution in [0, 0.1) is 0 Å². The minimum atomic E-state index is -4.31. The van der Waals surface area contributed by atoms with E-state index in [0.717, 1.165) is 38.5 Å². The monoisotopic (exact) mass is 944 g/mol. The highest BCUT2D eigenvalue weighted by atomic mass is 31.2. The summed E-state index contributed by atoms with van der Waals surface area (Å²) in [6.45, 7) is 4.94. The summed E-state index contributed by atoms with van der Waals surface area (Å²) in [4.78, 5) is 23.3. The van der Waals surface area contributed by atoms with Gasteiger partial charge in [0.15, 0.2) is 0 Å². The number of amides is 1. The van der Waals surface area contributed by atoms with Crippen LogP contribution in [0.3, 0.4) is 0 Å². The van der Waals surface area contributed by atoms with Crippen molar-refractivity contribution in [2.45, 2.75) is 315 Å². The zero-order chi connectivity index (χ0) is 47.8. The molecule has 0 heterocycles. The molecule has 0 bridgehead atoms. The van der Waals surface area contributed by atoms with Gasteiger partial charge in [0.1, 0.15) is 13.2 Å². The minimum Gasteiger partial charge on any atom is -0.391 e. The number of phosphoric ester groups is 1. The summed E-state index contributed by atoms with van der Waals surface area (Å²) in [6.07, 6.45) is 57.4. The molecule has 390 valence electrons. The highest BCUT2D eigenvalue weighted by Crippen LogP contribution is 2.43. The highest BCUT2D eigenvalue weighted by molar-refractivity contribution is 7.47. The number of hydrogen-bond acceptors (Lipinski definition) is 5. The van der Waals surface area contributed by atoms with Crippen LogP contribution in [0.2, 0.25) is 0 Å². The van der Waals surface area contributed by atoms with E-state index in [1.54, 1.807) is 0 Å². The maximum Gasteiger partial charge on any atom is 0.472 e. The SMILES string of the molecule is CCCCCCCCCCCCCCCCCCCCCCCCCCCCCCCC(=O)NC(COP(=O)(O)OCC[N+](C)(C)C)C(O)CCCCCCCCCCCCCCCC. The van der Waals surface area contributed by atoms with Gasteiger partial charge in [-0.2, -0.15) is 0 Å². The lowest BCUT2D eigenvalue weighted by atomic mass is 10.0. The molecule has 0 fully saturated rings. The summed E-state index contributed by atoms with van der Waals surface area (Å²) in [6, 6.07) is -0.754. The van der Waals surface area contributed by atoms with Crippen molar-refractivity contribution >= 4 is 13.7 Å². The van der Waals surface area contributed by atoms with E-state index in [2.05, 4.69) is 19.2 Å². The third-order valence-electron chi connectivity index (χ3n) is 13.6. The van der Waals surface area contributed by atoms with Crippen molar-refractivity contribution in [1.29, 1.82) is 0 Å². The van der Waals surface area contributed by atoms with Crippen LogP contribution in [0.4, 0.5) is 0 Å². The number of unbranched alkanes of at least 4 members (excludes halogenated alkanes) is 41. The molecule has 3 N–H and O–H groups in total. The van der Waals surface area contributed by atoms with Gasteiger partial charge in [-0.15, -0.1) is 0 Å². The summed E-state index contributed by atoms with van der Waals surface area (Å²) in [7, 11) is 1.63. The molecule has 1 amide bonds. The van der Waals surface area contributed by atoms with Gasteiger partial charge in [0.2, 0.25) is 5.91 Å². The zero-order valence-corrected chi connectivity index (χ0v) is 45.4. The van der Waals surface area contributed by atoms with Crippen LogP contribution < -0.4 is 5.32 Å². The summed E-state index contributed by atoms with van der Waals surface area (Å²) >= 11 is 0. The molecule has 0 aromatic rings. The molecule has 0 spiro atoms. The number of nitrogens with one attached hydrogen (secondary N) is 1. The largest absolute Gasteiger partial charge is 0.472 e. The van der Waals surface area contributed by atoms with Crippen LogP contribution in [-0.4, -0.2) is 73.4 Å². The van der Waals surface area contributed by atoms with E-state index in [-0.39, 0.29) is 19.1 Å². The van der Waals surface area contributed by atoms with Gasteiger partial charge in [-0.3, -0.25) is 13.8 Å². The number of carbonyl (C=O) groups excluding carboxylic acids is 1. The molecule has 0 saturated heterocycles. The van der Waals surface area contributed by atoms with Crippen molar-refractivity contribution < 1.29 is 32.9 Å². The number of hydrogen-bond donors (Lipinski definition) is 3. The smallest absolute Gasteiger partial charge is 0.391 e. The second-order valence-corrected chi connectivity index (χ2v) is 22.8. The first-order chi connectivity index (χ1) is 31.5. The molecule has 0 radical (unpaired) electrons. The lowest BCUT2D eigenvalue weighted by molar-refractivity contribution is -0.870. The average molecular weight is 945 g/mol. The van der Waals surface area contributed by atoms with Gasteiger partial charge < -0.3 is 19.8 Å². The van der Waals surface area contributed by atoms with E-state index >= 15 is 0 Å². The number of aliphatic hydroxyl groups excluding tert-OH is 1. The van der Waals surface area contributed by atoms with Crippen LogP contribution in [-0.2, 0) is 18.4 Å². The molecule has 0 aliphatic heterocycles. The van der Waals surface area contributed by atoms with Crippen LogP contribution in [0.25, 0.3) is 0 Å². The van der Waals surface area contributed by atoms with Crippen LogP contribution in [0.15, 0.2) is 0 Å². The Morgan fingerprint density at radius 2 is 0.738 bits per heavy atom. The molecule has 9 heteroatoms. The summed E-state index contributed by atoms with van der Waals surface area (Å²) in [5, 5.41) is 14.0. The standard InChI is InChI=1S/C56H115N2O6P/c1-6-8-10-12-14-16-18-20-22-23-24-25-26-27-28-29-30-31-32-33-34-35-36-38-40-42-44-46-48-50-56(60)57-54(53-64-65(61,62)63-52-51-58(3,4)5)55(59)49-47-45-43-41-39-37-21-19-17-15-13-11-9-7-2/h54-55,59H,6-53H2,1-5H3,(H-,57,60,61,62)/p+1. The third-order valence-corrected chi connectivity index (χ3v) is 14.6. The predicted octanol–water partition coefficient (Wildman–Crippen LogP) is 17.3. The number of likely N-dealkylation sites (N-methyl/N-ethyl adjacent to an activating group) is 1. The number of rotatable bonds is 54. The van der Waals surface area contributed by atoms with E-state index in [1.165, 1.54) is 238 Å². The summed E-state index contributed by atoms with van der Waals surface area (Å²) in [5.74, 6) is -0.137. The highest BCUT2D eigenvalue weighted by Gasteiger charge is 2.28. The molecule has 8 nitrogen and oxygen atoms in total. The van der Waals surface area contributed by atoms with Gasteiger partial charge in [0.05, 0.1) is 39.9 Å². The third kappa shape index (κ3) is 51.2. The maximum absolute atomic E-state index is 13.0. The first-order valence-electron chi connectivity index (χ1n) is 28.9. The zero-order valence-electron chi connectivity index (χ0n) is 44.5. The molecule has 3 atom stereocenters. The molecule has 0 aliphatic carbocycles. The first-order valence-corrected chi connectivity index (χ1v) is 30.4. The van der Waals surface area contributed by atoms with Gasteiger partial charge in [-0.25, -0.2) is 4.57 Å². The number of quaternary nitrogens is 1. The fourth-order valence-corrected chi connectivity index (χ4v) is 9.79. The molecule has 0 saturated carbocycles. The molecule has 0 aromatic heterocycles. The van der Waals surface area contributed by atoms with Gasteiger partial charge >= 0.3 is 7.82 Å². The Morgan fingerprint density at radius 3 is 1.03 bits per heavy atom. The normalized spacial score (nSPS) is 13.9. The molecule has 0 aliphatic rings. The second-order valence-electron chi connectivity index (χ2n) is 21.4. The topological polar surface area (TPSA) is 105 Å². The lowest BCUT2D eigenvalue weighted by Crippen LogP contribution is -2.46. The van der Waals surface area contributed by atoms with Crippen LogP contribution >= 0.6 is 7.82 Å². The Labute approximate surface area is 406 Å². The predicted molar refractivity (Wildman–Crippen MR) is 282 cm³/mol. The van der Waals surface area contributed by atoms with Crippen molar-refractivity contribution in [3.8, 4) is 0 Å². The van der Waals surface area contributed by atoms with E-state index in [0.29, 0.717) is 23.9 Å². The van der Waals surface area contributed by atoms with E-state index in [4.69, 9.17) is 9.05 Å². The van der Waals surface area contributed by atoms with Gasteiger partial charge in [-0.1, -0.05) is 284 Å². The minimum absolute atomic E-state index is 0.0789. The molecular formula is C56H116N2O6P+. The van der Waals surface area contributed by atoms with E-state index in [9.17, 15) is 19.4 Å². The van der Waals surface area contributed by atoms with Crippen molar-refractivity contribution in [1.82, 2.24) is 5.32 Å². The van der Waals surface area contributed by atoms with Crippen molar-refractivity contribution in [2.24, 2.45) is 0 Å². The van der Waals surface area contributed by atoms with Gasteiger partial charge in [0.25, 0.3) is 0 Å². The van der Waals surface area contributed by atoms with E-state index in [1.807, 2.05) is 21.1 Å². The number of carbonyl (C=O) groups is 1. The van der Waals surface area contributed by atoms with Crippen LogP contribution in [0.5, 0.6) is 0 Å². The Kier molecular flexibility index (Phi) is 48.1. The fourth-order valence-electron chi connectivity index (χ4n) is 9.05. The summed E-state index contributed by atoms with van der Waals surface area (Å²) < 4.78 is 23.7. The Morgan fingerprint density at radius 1 is 0.462 bits per heavy atom. The number of nitrogens with zero attached hydrogens (tertiary/aromatic N) is 1. The molecule has 0 rings (SSSR count). The molecule has 0 aromatic carbocycles. The average Bonchev–Trinajstić information content (AvgIpc) is 3.26. The van der Waals surface area contributed by atoms with Crippen molar-refractivity contribution in [3.63, 3.8) is 0 Å². The second kappa shape index (κ2) is 48.5. The first kappa shape index (κ1) is 64.5. The van der Waals surface area contributed by atoms with Gasteiger partial charge in [-0.05, 0) is 12.8 Å². The van der Waals surface area contributed by atoms with Crippen molar-refractivity contribution in [2.75, 3.05) is 40.9 Å². The molecular weight excluding hydrogens is 828 g/mol. The quantitative estimate of drug-likeness (QED) is 0.0319. The Hall–Kier alpha value is -0.500. The summed E-state index contributed by atoms with van der Waals surface area (Å²) in [5.41, 5.74) is 0. The molecule has 65 heavy (non-hydrogen) atoms. The number of aliphatic hydroxyl groups is 1. The maximum atomic E-state index is 13.0. The number of phosphoric acid groups is 1. The Bertz CT molecular complexity index is 1030. The fraction of sp³-hybridized carbons (Fsp3) is 0.982. The Balaban J connectivity index is 4.00. The molecule has 3 unspecified atom stereocenters. The van der Waals surface area contributed by atoms with E-state index < -0.39 is 20.0 Å².